The molecule has 3 aliphatic heterocycles. The summed E-state index contributed by atoms with van der Waals surface area (Å²) in [6, 6.07) is 7.96. The monoisotopic (exact) mass is 396 g/mol. The van der Waals surface area contributed by atoms with Crippen molar-refractivity contribution in [3.63, 3.8) is 0 Å². The topological polar surface area (TPSA) is 109 Å². The maximum atomic E-state index is 11.2. The molecular weight excluding hydrogens is 368 g/mol. The highest BCUT2D eigenvalue weighted by atomic mass is 35.5. The minimum absolute atomic E-state index is 0. The van der Waals surface area contributed by atoms with Gasteiger partial charge in [0, 0.05) is 24.2 Å². The number of fused-ring (bicyclic) bond motifs is 4. The molecule has 4 heterocycles. The van der Waals surface area contributed by atoms with Crippen LogP contribution in [0.4, 0.5) is 0 Å². The molecule has 0 saturated carbocycles. The first-order chi connectivity index (χ1) is 11.7. The normalized spacial score (nSPS) is 26.9. The van der Waals surface area contributed by atoms with Crippen molar-refractivity contribution in [2.75, 3.05) is 20.2 Å². The highest BCUT2D eigenvalue weighted by Crippen LogP contribution is 2.42. The summed E-state index contributed by atoms with van der Waals surface area (Å²) >= 11 is 0. The minimum atomic E-state index is -0.504. The van der Waals surface area contributed by atoms with Gasteiger partial charge in [-0.25, -0.2) is 0 Å². The van der Waals surface area contributed by atoms with Crippen LogP contribution in [0, 0.1) is 11.8 Å². The van der Waals surface area contributed by atoms with Crippen LogP contribution in [-0.2, 0) is 0 Å². The lowest BCUT2D eigenvalue weighted by Gasteiger charge is -2.50. The molecule has 5 N–H and O–H groups in total. The minimum Gasteiger partial charge on any atom is -0.497 e. The number of ether oxygens (including phenoxy) is 1. The van der Waals surface area contributed by atoms with Crippen LogP contribution in [0.25, 0.3) is 10.9 Å². The molecule has 0 aliphatic carbocycles. The van der Waals surface area contributed by atoms with Crippen molar-refractivity contribution in [2.45, 2.75) is 25.0 Å². The van der Waals surface area contributed by atoms with Crippen molar-refractivity contribution in [2.24, 2.45) is 11.8 Å². The van der Waals surface area contributed by atoms with Gasteiger partial charge in [0.15, 0.2) is 0 Å². The zero-order valence-corrected chi connectivity index (χ0v) is 16.3. The molecule has 2 aromatic rings. The van der Waals surface area contributed by atoms with Crippen LogP contribution < -0.4 is 4.74 Å². The van der Waals surface area contributed by atoms with Gasteiger partial charge in [-0.15, -0.1) is 19.0 Å². The zero-order valence-electron chi connectivity index (χ0n) is 15.5. The Labute approximate surface area is 165 Å². The van der Waals surface area contributed by atoms with E-state index in [9.17, 15) is 5.11 Å². The number of hydrogen-bond acceptors (Lipinski definition) is 4. The summed E-state index contributed by atoms with van der Waals surface area (Å²) < 4.78 is 5.35. The molecule has 3 saturated heterocycles. The Morgan fingerprint density at radius 3 is 2.74 bits per heavy atom. The summed E-state index contributed by atoms with van der Waals surface area (Å²) in [5, 5.41) is 12.1. The Kier molecular flexibility index (Phi) is 8.20. The zero-order chi connectivity index (χ0) is 16.7. The number of aromatic nitrogens is 1. The molecule has 7 heteroatoms. The Hall–Kier alpha value is -1.70. The Bertz CT molecular complexity index is 773. The molecular formula is C20H29ClN2O4. The van der Waals surface area contributed by atoms with E-state index in [1.807, 2.05) is 24.3 Å². The van der Waals surface area contributed by atoms with Crippen LogP contribution in [-0.4, -0.2) is 52.2 Å². The first-order valence-electron chi connectivity index (χ1n) is 8.68. The van der Waals surface area contributed by atoms with E-state index in [0.717, 1.165) is 41.7 Å². The number of pyridine rings is 1. The molecule has 27 heavy (non-hydrogen) atoms. The molecule has 0 radical (unpaired) electrons. The molecule has 2 unspecified atom stereocenters. The second kappa shape index (κ2) is 9.48. The van der Waals surface area contributed by atoms with E-state index < -0.39 is 6.10 Å². The number of benzene rings is 1. The standard InChI is InChI=1S/C20H24N2O2.ClH.2H2O/c1-3-13-12-22-9-7-14(13)10-19(22)20(23)16-6-8-21-18-5-4-15(24-2)11-17(16)18;;;/h3-6,8,11,13-14,19-20,23H,1,7,9-10,12H2,2H3;1H;2*1H2/t13-,14+,19?,20+;;;/m0.../s1. The van der Waals surface area contributed by atoms with Crippen LogP contribution in [0.3, 0.4) is 0 Å². The summed E-state index contributed by atoms with van der Waals surface area (Å²) in [7, 11) is 1.66. The van der Waals surface area contributed by atoms with Gasteiger partial charge in [0.1, 0.15) is 5.75 Å². The second-order valence-electron chi connectivity index (χ2n) is 6.97. The molecule has 1 aromatic carbocycles. The lowest BCUT2D eigenvalue weighted by molar-refractivity contribution is -0.0444. The third kappa shape index (κ3) is 4.10. The van der Waals surface area contributed by atoms with E-state index in [-0.39, 0.29) is 29.4 Å². The number of piperidine rings is 3. The van der Waals surface area contributed by atoms with Crippen molar-refractivity contribution in [1.82, 2.24) is 9.88 Å². The third-order valence-electron chi connectivity index (χ3n) is 5.82. The van der Waals surface area contributed by atoms with Gasteiger partial charge < -0.3 is 20.8 Å². The number of halogens is 1. The van der Waals surface area contributed by atoms with Gasteiger partial charge in [0.25, 0.3) is 0 Å². The molecule has 2 bridgehead atoms. The van der Waals surface area contributed by atoms with Gasteiger partial charge in [-0.05, 0) is 61.1 Å². The summed E-state index contributed by atoms with van der Waals surface area (Å²) in [4.78, 5) is 6.86. The van der Waals surface area contributed by atoms with E-state index in [0.29, 0.717) is 11.8 Å². The van der Waals surface area contributed by atoms with Gasteiger partial charge in [-0.3, -0.25) is 9.88 Å². The first kappa shape index (κ1) is 23.3. The van der Waals surface area contributed by atoms with Crippen molar-refractivity contribution in [3.05, 3.63) is 48.7 Å². The lowest BCUT2D eigenvalue weighted by atomic mass is 9.73. The number of methoxy groups -OCH3 is 1. The van der Waals surface area contributed by atoms with Crippen molar-refractivity contribution in [3.8, 4) is 5.75 Å². The fourth-order valence-corrected chi connectivity index (χ4v) is 4.44. The molecule has 3 fully saturated rings. The van der Waals surface area contributed by atoms with Gasteiger partial charge in [0.05, 0.1) is 18.7 Å². The number of nitrogens with zero attached hydrogens (tertiary/aromatic N) is 2. The van der Waals surface area contributed by atoms with E-state index in [1.165, 1.54) is 6.42 Å². The van der Waals surface area contributed by atoms with Crippen LogP contribution in [0.1, 0.15) is 24.5 Å². The van der Waals surface area contributed by atoms with E-state index in [1.54, 1.807) is 13.3 Å². The van der Waals surface area contributed by atoms with Crippen LogP contribution >= 0.6 is 12.4 Å². The second-order valence-corrected chi connectivity index (χ2v) is 6.97. The third-order valence-corrected chi connectivity index (χ3v) is 5.82. The number of hydrogen-bond donors (Lipinski definition) is 1. The highest BCUT2D eigenvalue weighted by molar-refractivity contribution is 5.85. The maximum absolute atomic E-state index is 11.2. The van der Waals surface area contributed by atoms with Crippen molar-refractivity contribution in [1.29, 1.82) is 0 Å². The Balaban J connectivity index is 0.00000121. The maximum Gasteiger partial charge on any atom is 0.119 e. The number of aliphatic hydroxyl groups is 1. The summed E-state index contributed by atoms with van der Waals surface area (Å²) in [6.45, 7) is 6.07. The van der Waals surface area contributed by atoms with Gasteiger partial charge in [-0.2, -0.15) is 0 Å². The molecule has 6 nitrogen and oxygen atoms in total. The molecule has 5 atom stereocenters. The van der Waals surface area contributed by atoms with Gasteiger partial charge in [-0.1, -0.05) is 6.08 Å². The quantitative estimate of drug-likeness (QED) is 0.796. The Morgan fingerprint density at radius 2 is 2.11 bits per heavy atom. The largest absolute Gasteiger partial charge is 0.497 e. The molecule has 3 aliphatic rings. The molecule has 5 rings (SSSR count). The molecule has 0 amide bonds. The predicted octanol–water partition coefficient (Wildman–Crippen LogP) is 1.95. The SMILES string of the molecule is C=C[C@H]1CN2CC[C@@H]1CC2[C@H](O)c1ccnc2ccc(OC)cc12.Cl.O.O. The lowest BCUT2D eigenvalue weighted by Crippen LogP contribution is -2.54. The predicted molar refractivity (Wildman–Crippen MR) is 110 cm³/mol. The van der Waals surface area contributed by atoms with Crippen LogP contribution in [0.5, 0.6) is 5.75 Å². The van der Waals surface area contributed by atoms with Gasteiger partial charge in [0.2, 0.25) is 0 Å². The van der Waals surface area contributed by atoms with E-state index in [4.69, 9.17) is 4.74 Å². The molecule has 0 spiro atoms. The van der Waals surface area contributed by atoms with Crippen molar-refractivity contribution < 1.29 is 20.8 Å². The van der Waals surface area contributed by atoms with E-state index in [2.05, 4.69) is 22.5 Å². The first-order valence-corrected chi connectivity index (χ1v) is 8.68. The highest BCUT2D eigenvalue weighted by Gasteiger charge is 2.42. The van der Waals surface area contributed by atoms with Crippen LogP contribution in [0.15, 0.2) is 43.1 Å². The average Bonchev–Trinajstić information content (AvgIpc) is 2.66. The summed E-state index contributed by atoms with van der Waals surface area (Å²) in [5.74, 6) is 2.01. The number of rotatable bonds is 4. The summed E-state index contributed by atoms with van der Waals surface area (Å²) in [6.07, 6.45) is 5.62. The van der Waals surface area contributed by atoms with Crippen molar-refractivity contribution >= 4 is 23.3 Å². The Morgan fingerprint density at radius 1 is 1.33 bits per heavy atom. The average molecular weight is 397 g/mol. The molecule has 150 valence electrons. The van der Waals surface area contributed by atoms with E-state index >= 15 is 0 Å². The summed E-state index contributed by atoms with van der Waals surface area (Å²) in [5.41, 5.74) is 1.85. The molecule has 1 aromatic heterocycles. The fraction of sp³-hybridized carbons (Fsp3) is 0.450. The number of aliphatic hydroxyl groups excluding tert-OH is 1. The van der Waals surface area contributed by atoms with Crippen LogP contribution in [0.2, 0.25) is 0 Å². The fourth-order valence-electron chi connectivity index (χ4n) is 4.44. The van der Waals surface area contributed by atoms with Gasteiger partial charge >= 0.3 is 0 Å². The smallest absolute Gasteiger partial charge is 0.119 e.